The molecule has 2 aromatic carbocycles. The molecule has 1 saturated heterocycles. The first-order valence-corrected chi connectivity index (χ1v) is 8.74. The summed E-state index contributed by atoms with van der Waals surface area (Å²) in [7, 11) is 0. The maximum atomic E-state index is 11.0. The van der Waals surface area contributed by atoms with E-state index in [1.165, 1.54) is 54.3 Å². The molecular formula is C20H25NO. The number of nitrogens with zero attached hydrogens (tertiary/aromatic N) is 1. The Labute approximate surface area is 132 Å². The largest absolute Gasteiger partial charge is 0.388 e. The summed E-state index contributed by atoms with van der Waals surface area (Å²) >= 11 is 0. The Bertz CT molecular complexity index is 660. The lowest BCUT2D eigenvalue weighted by Crippen LogP contribution is -2.37. The molecule has 22 heavy (non-hydrogen) atoms. The zero-order chi connectivity index (χ0) is 14.9. The smallest absolute Gasteiger partial charge is 0.0839 e. The van der Waals surface area contributed by atoms with Crippen LogP contribution in [0.15, 0.2) is 36.4 Å². The SMILES string of the molecule is OC1c2c(ccc3ccccc23)CCC1CN1CCCCC1. The summed E-state index contributed by atoms with van der Waals surface area (Å²) < 4.78 is 0. The maximum Gasteiger partial charge on any atom is 0.0839 e. The van der Waals surface area contributed by atoms with Gasteiger partial charge >= 0.3 is 0 Å². The van der Waals surface area contributed by atoms with Crippen molar-refractivity contribution in [3.8, 4) is 0 Å². The zero-order valence-corrected chi connectivity index (χ0v) is 13.2. The number of hydrogen-bond donors (Lipinski definition) is 1. The molecule has 0 aromatic heterocycles. The van der Waals surface area contributed by atoms with E-state index in [-0.39, 0.29) is 6.10 Å². The number of rotatable bonds is 2. The molecule has 2 nitrogen and oxygen atoms in total. The lowest BCUT2D eigenvalue weighted by molar-refractivity contribution is 0.0617. The van der Waals surface area contributed by atoms with Crippen LogP contribution in [0.5, 0.6) is 0 Å². The van der Waals surface area contributed by atoms with Gasteiger partial charge in [-0.25, -0.2) is 0 Å². The van der Waals surface area contributed by atoms with Gasteiger partial charge in [-0.3, -0.25) is 0 Å². The summed E-state index contributed by atoms with van der Waals surface area (Å²) in [4.78, 5) is 2.56. The molecule has 2 unspecified atom stereocenters. The van der Waals surface area contributed by atoms with Gasteiger partial charge in [0.05, 0.1) is 6.10 Å². The van der Waals surface area contributed by atoms with Gasteiger partial charge in [0.25, 0.3) is 0 Å². The molecule has 1 N–H and O–H groups in total. The van der Waals surface area contributed by atoms with Crippen LogP contribution < -0.4 is 0 Å². The maximum absolute atomic E-state index is 11.0. The Balaban J connectivity index is 1.63. The van der Waals surface area contributed by atoms with E-state index in [2.05, 4.69) is 41.3 Å². The summed E-state index contributed by atoms with van der Waals surface area (Å²) in [5.74, 6) is 0.386. The Hall–Kier alpha value is -1.38. The molecule has 1 aliphatic carbocycles. The summed E-state index contributed by atoms with van der Waals surface area (Å²) in [6.45, 7) is 3.49. The van der Waals surface area contributed by atoms with Crippen molar-refractivity contribution >= 4 is 10.8 Å². The molecule has 2 atom stereocenters. The molecule has 0 radical (unpaired) electrons. The van der Waals surface area contributed by atoms with Crippen LogP contribution in [0.1, 0.15) is 42.9 Å². The highest BCUT2D eigenvalue weighted by Gasteiger charge is 2.30. The molecule has 4 rings (SSSR count). The van der Waals surface area contributed by atoms with Crippen molar-refractivity contribution in [1.82, 2.24) is 4.90 Å². The number of hydrogen-bond acceptors (Lipinski definition) is 2. The highest BCUT2D eigenvalue weighted by atomic mass is 16.3. The number of aliphatic hydroxyl groups excluding tert-OH is 1. The number of benzene rings is 2. The Kier molecular flexibility index (Phi) is 3.89. The van der Waals surface area contributed by atoms with Crippen molar-refractivity contribution in [1.29, 1.82) is 0 Å². The van der Waals surface area contributed by atoms with E-state index in [9.17, 15) is 5.11 Å². The average Bonchev–Trinajstić information content (AvgIpc) is 2.58. The van der Waals surface area contributed by atoms with Crippen LogP contribution in [0.25, 0.3) is 10.8 Å². The molecular weight excluding hydrogens is 270 g/mol. The molecule has 0 spiro atoms. The first-order valence-electron chi connectivity index (χ1n) is 8.74. The van der Waals surface area contributed by atoms with Gasteiger partial charge in [0.2, 0.25) is 0 Å². The molecule has 2 aromatic rings. The zero-order valence-electron chi connectivity index (χ0n) is 13.2. The minimum Gasteiger partial charge on any atom is -0.388 e. The summed E-state index contributed by atoms with van der Waals surface area (Å²) in [5, 5.41) is 13.5. The van der Waals surface area contributed by atoms with Crippen LogP contribution in [-0.4, -0.2) is 29.6 Å². The second-order valence-electron chi connectivity index (χ2n) is 6.96. The van der Waals surface area contributed by atoms with Crippen LogP contribution in [-0.2, 0) is 6.42 Å². The number of fused-ring (bicyclic) bond motifs is 3. The molecule has 2 heteroatoms. The van der Waals surface area contributed by atoms with E-state index < -0.39 is 0 Å². The molecule has 1 heterocycles. The molecule has 1 aliphatic heterocycles. The fourth-order valence-electron chi connectivity index (χ4n) is 4.31. The van der Waals surface area contributed by atoms with Crippen molar-refractivity contribution in [2.75, 3.05) is 19.6 Å². The number of aryl methyl sites for hydroxylation is 1. The minimum atomic E-state index is -0.309. The third-order valence-corrected chi connectivity index (χ3v) is 5.53. The molecule has 1 fully saturated rings. The fraction of sp³-hybridized carbons (Fsp3) is 0.500. The van der Waals surface area contributed by atoms with Crippen molar-refractivity contribution in [3.63, 3.8) is 0 Å². The second-order valence-corrected chi connectivity index (χ2v) is 6.96. The minimum absolute atomic E-state index is 0.309. The normalized spacial score (nSPS) is 26.0. The second kappa shape index (κ2) is 6.02. The van der Waals surface area contributed by atoms with Gasteiger partial charge < -0.3 is 10.0 Å². The van der Waals surface area contributed by atoms with Gasteiger partial charge in [0, 0.05) is 12.5 Å². The van der Waals surface area contributed by atoms with Crippen molar-refractivity contribution < 1.29 is 5.11 Å². The highest BCUT2D eigenvalue weighted by Crippen LogP contribution is 2.39. The van der Waals surface area contributed by atoms with Gasteiger partial charge in [0.1, 0.15) is 0 Å². The lowest BCUT2D eigenvalue weighted by Gasteiger charge is -2.36. The van der Waals surface area contributed by atoms with E-state index in [1.54, 1.807) is 0 Å². The predicted octanol–water partition coefficient (Wildman–Crippen LogP) is 3.92. The lowest BCUT2D eigenvalue weighted by atomic mass is 9.79. The first kappa shape index (κ1) is 14.2. The van der Waals surface area contributed by atoms with Crippen LogP contribution in [0.4, 0.5) is 0 Å². The number of likely N-dealkylation sites (tertiary alicyclic amines) is 1. The highest BCUT2D eigenvalue weighted by molar-refractivity contribution is 5.87. The van der Waals surface area contributed by atoms with E-state index in [4.69, 9.17) is 0 Å². The van der Waals surface area contributed by atoms with Crippen LogP contribution in [0.2, 0.25) is 0 Å². The van der Waals surface area contributed by atoms with Crippen LogP contribution >= 0.6 is 0 Å². The van der Waals surface area contributed by atoms with E-state index in [0.29, 0.717) is 5.92 Å². The fourth-order valence-corrected chi connectivity index (χ4v) is 4.31. The van der Waals surface area contributed by atoms with Gasteiger partial charge in [-0.2, -0.15) is 0 Å². The Morgan fingerprint density at radius 3 is 2.68 bits per heavy atom. The Morgan fingerprint density at radius 1 is 1.00 bits per heavy atom. The Morgan fingerprint density at radius 2 is 1.82 bits per heavy atom. The van der Waals surface area contributed by atoms with E-state index >= 15 is 0 Å². The van der Waals surface area contributed by atoms with Gasteiger partial charge in [-0.15, -0.1) is 0 Å². The van der Waals surface area contributed by atoms with E-state index in [0.717, 1.165) is 19.4 Å². The van der Waals surface area contributed by atoms with Crippen molar-refractivity contribution in [3.05, 3.63) is 47.5 Å². The third-order valence-electron chi connectivity index (χ3n) is 5.53. The molecule has 2 aliphatic rings. The van der Waals surface area contributed by atoms with Gasteiger partial charge in [-0.1, -0.05) is 42.8 Å². The summed E-state index contributed by atoms with van der Waals surface area (Å²) in [6.07, 6.45) is 5.93. The van der Waals surface area contributed by atoms with Crippen molar-refractivity contribution in [2.24, 2.45) is 5.92 Å². The quantitative estimate of drug-likeness (QED) is 0.907. The van der Waals surface area contributed by atoms with Crippen molar-refractivity contribution in [2.45, 2.75) is 38.2 Å². The summed E-state index contributed by atoms with van der Waals surface area (Å²) in [6, 6.07) is 12.9. The predicted molar refractivity (Wildman–Crippen MR) is 91.0 cm³/mol. The molecule has 0 bridgehead atoms. The van der Waals surface area contributed by atoms with Crippen LogP contribution in [0, 0.1) is 5.92 Å². The third kappa shape index (κ3) is 2.55. The summed E-state index contributed by atoms with van der Waals surface area (Å²) in [5.41, 5.74) is 2.55. The molecule has 0 amide bonds. The van der Waals surface area contributed by atoms with Crippen LogP contribution in [0.3, 0.4) is 0 Å². The van der Waals surface area contributed by atoms with E-state index in [1.807, 2.05) is 0 Å². The topological polar surface area (TPSA) is 23.5 Å². The first-order chi connectivity index (χ1) is 10.8. The average molecular weight is 295 g/mol. The number of piperidine rings is 1. The molecule has 0 saturated carbocycles. The monoisotopic (exact) mass is 295 g/mol. The standard InChI is InChI=1S/C20H25NO/c22-20-17(14-21-12-4-1-5-13-21)11-10-16-9-8-15-6-2-3-7-18(15)19(16)20/h2-3,6-9,17,20,22H,1,4-5,10-14H2. The molecule has 116 valence electrons. The van der Waals surface area contributed by atoms with Gasteiger partial charge in [-0.05, 0) is 60.7 Å². The van der Waals surface area contributed by atoms with Gasteiger partial charge in [0.15, 0.2) is 0 Å². The number of aliphatic hydroxyl groups is 1.